The Morgan fingerprint density at radius 2 is 1.88 bits per heavy atom. The maximum absolute atomic E-state index is 5.98. The third-order valence-electron chi connectivity index (χ3n) is 3.85. The number of rotatable bonds is 6. The fourth-order valence-corrected chi connectivity index (χ4v) is 2.75. The van der Waals surface area contributed by atoms with E-state index in [-0.39, 0.29) is 0 Å². The van der Waals surface area contributed by atoms with Crippen molar-refractivity contribution >= 4 is 0 Å². The van der Waals surface area contributed by atoms with Crippen LogP contribution in [0, 0.1) is 20.8 Å². The highest BCUT2D eigenvalue weighted by Crippen LogP contribution is 2.32. The van der Waals surface area contributed by atoms with Crippen LogP contribution in [0.25, 0.3) is 5.82 Å². The summed E-state index contributed by atoms with van der Waals surface area (Å²) in [5.41, 5.74) is 3.03. The lowest BCUT2D eigenvalue weighted by Gasteiger charge is -2.12. The third kappa shape index (κ3) is 3.74. The quantitative estimate of drug-likeness (QED) is 0.626. The molecule has 0 amide bonds. The highest BCUT2D eigenvalue weighted by atomic mass is 16.5. The van der Waals surface area contributed by atoms with Gasteiger partial charge in [-0.1, -0.05) is 12.1 Å². The second-order valence-electron chi connectivity index (χ2n) is 6.03. The molecule has 134 valence electrons. The van der Waals surface area contributed by atoms with Gasteiger partial charge in [-0.05, 0) is 51.0 Å². The predicted octanol–water partition coefficient (Wildman–Crippen LogP) is 4.12. The minimum absolute atomic E-state index is 0.440. The van der Waals surface area contributed by atoms with E-state index in [0.717, 1.165) is 23.4 Å². The molecule has 0 aliphatic rings. The summed E-state index contributed by atoms with van der Waals surface area (Å²) in [6.45, 7) is 9.52. The third-order valence-corrected chi connectivity index (χ3v) is 3.85. The average Bonchev–Trinajstić information content (AvgIpc) is 2.94. The summed E-state index contributed by atoms with van der Waals surface area (Å²) >= 11 is 0. The van der Waals surface area contributed by atoms with Crippen molar-refractivity contribution in [3.05, 3.63) is 65.8 Å². The Labute approximate surface area is 153 Å². The number of methoxy groups -OCH3 is 1. The number of benzene rings is 1. The summed E-state index contributed by atoms with van der Waals surface area (Å²) in [4.78, 5) is 8.85. The van der Waals surface area contributed by atoms with Crippen LogP contribution in [-0.4, -0.2) is 26.9 Å². The molecule has 3 aromatic rings. The molecule has 0 fully saturated rings. The normalized spacial score (nSPS) is 10.6. The average molecular weight is 350 g/mol. The van der Waals surface area contributed by atoms with Crippen LogP contribution in [0.15, 0.2) is 43.0 Å². The molecular formula is C20H22N4O2. The Hall–Kier alpha value is -3.15. The first-order valence-corrected chi connectivity index (χ1v) is 8.35. The largest absolute Gasteiger partial charge is 0.493 e. The summed E-state index contributed by atoms with van der Waals surface area (Å²) in [5.74, 6) is 2.95. The number of ether oxygens (including phenoxy) is 2. The van der Waals surface area contributed by atoms with Crippen LogP contribution in [-0.2, 0) is 6.42 Å². The van der Waals surface area contributed by atoms with Crippen LogP contribution in [0.3, 0.4) is 0 Å². The first kappa shape index (κ1) is 17.7. The number of hydrogen-bond donors (Lipinski definition) is 0. The Kier molecular flexibility index (Phi) is 5.02. The van der Waals surface area contributed by atoms with Gasteiger partial charge in [0.1, 0.15) is 5.82 Å². The molecule has 6 nitrogen and oxygen atoms in total. The van der Waals surface area contributed by atoms with Gasteiger partial charge in [-0.2, -0.15) is 10.1 Å². The highest BCUT2D eigenvalue weighted by Gasteiger charge is 2.12. The molecule has 26 heavy (non-hydrogen) atoms. The first-order chi connectivity index (χ1) is 12.5. The van der Waals surface area contributed by atoms with Gasteiger partial charge in [0.2, 0.25) is 5.88 Å². The van der Waals surface area contributed by atoms with Crippen LogP contribution >= 0.6 is 0 Å². The highest BCUT2D eigenvalue weighted by molar-refractivity contribution is 5.45. The van der Waals surface area contributed by atoms with Gasteiger partial charge in [-0.15, -0.1) is 6.58 Å². The molecular weight excluding hydrogens is 328 g/mol. The first-order valence-electron chi connectivity index (χ1n) is 8.35. The summed E-state index contributed by atoms with van der Waals surface area (Å²) < 4.78 is 13.2. The summed E-state index contributed by atoms with van der Waals surface area (Å²) in [5, 5.41) is 4.47. The monoisotopic (exact) mass is 350 g/mol. The second kappa shape index (κ2) is 7.39. The Morgan fingerprint density at radius 1 is 1.08 bits per heavy atom. The van der Waals surface area contributed by atoms with Crippen LogP contribution in [0.4, 0.5) is 0 Å². The van der Waals surface area contributed by atoms with Crippen molar-refractivity contribution in [2.75, 3.05) is 7.11 Å². The second-order valence-corrected chi connectivity index (χ2v) is 6.03. The van der Waals surface area contributed by atoms with E-state index >= 15 is 0 Å². The van der Waals surface area contributed by atoms with E-state index in [0.29, 0.717) is 29.0 Å². The van der Waals surface area contributed by atoms with Crippen LogP contribution in [0.5, 0.6) is 17.4 Å². The van der Waals surface area contributed by atoms with Gasteiger partial charge in [0, 0.05) is 11.8 Å². The van der Waals surface area contributed by atoms with Crippen molar-refractivity contribution in [3.8, 4) is 23.2 Å². The van der Waals surface area contributed by atoms with Crippen molar-refractivity contribution in [2.45, 2.75) is 27.2 Å². The van der Waals surface area contributed by atoms with Gasteiger partial charge in [0.15, 0.2) is 17.3 Å². The molecule has 3 rings (SSSR count). The van der Waals surface area contributed by atoms with Gasteiger partial charge in [0.25, 0.3) is 0 Å². The topological polar surface area (TPSA) is 62.1 Å². The lowest BCUT2D eigenvalue weighted by molar-refractivity contribution is 0.373. The standard InChI is InChI=1S/C20H22N4O2/c1-6-7-16-8-9-17(18(11-16)25-5)26-20-12-19(21-15(4)22-20)24-14(3)10-13(2)23-24/h6,8-12H,1,7H2,2-5H3. The van der Waals surface area contributed by atoms with Crippen molar-refractivity contribution in [1.29, 1.82) is 0 Å². The van der Waals surface area contributed by atoms with Crippen LogP contribution in [0.2, 0.25) is 0 Å². The number of aromatic nitrogens is 4. The number of hydrogen-bond acceptors (Lipinski definition) is 5. The molecule has 0 saturated heterocycles. The molecule has 0 atom stereocenters. The number of allylic oxidation sites excluding steroid dienone is 1. The zero-order chi connectivity index (χ0) is 18.7. The van der Waals surface area contributed by atoms with Crippen LogP contribution in [0.1, 0.15) is 22.8 Å². The van der Waals surface area contributed by atoms with Gasteiger partial charge < -0.3 is 9.47 Å². The Balaban J connectivity index is 1.96. The maximum atomic E-state index is 5.98. The predicted molar refractivity (Wildman–Crippen MR) is 100 cm³/mol. The van der Waals surface area contributed by atoms with Gasteiger partial charge in [0.05, 0.1) is 12.8 Å². The van der Waals surface area contributed by atoms with E-state index in [1.165, 1.54) is 0 Å². The summed E-state index contributed by atoms with van der Waals surface area (Å²) in [6.07, 6.45) is 2.62. The van der Waals surface area contributed by atoms with E-state index < -0.39 is 0 Å². The molecule has 0 saturated carbocycles. The fraction of sp³-hybridized carbons (Fsp3) is 0.250. The molecule has 0 radical (unpaired) electrons. The maximum Gasteiger partial charge on any atom is 0.224 e. The lowest BCUT2D eigenvalue weighted by atomic mass is 10.1. The lowest BCUT2D eigenvalue weighted by Crippen LogP contribution is -2.05. The van der Waals surface area contributed by atoms with Crippen molar-refractivity contribution < 1.29 is 9.47 Å². The molecule has 0 unspecified atom stereocenters. The van der Waals surface area contributed by atoms with E-state index in [4.69, 9.17) is 9.47 Å². The molecule has 0 spiro atoms. The summed E-state index contributed by atoms with van der Waals surface area (Å²) in [6, 6.07) is 9.56. The van der Waals surface area contributed by atoms with Gasteiger partial charge >= 0.3 is 0 Å². The van der Waals surface area contributed by atoms with Gasteiger partial charge in [-0.3, -0.25) is 0 Å². The fourth-order valence-electron chi connectivity index (χ4n) is 2.75. The van der Waals surface area contributed by atoms with Crippen LogP contribution < -0.4 is 9.47 Å². The molecule has 0 bridgehead atoms. The zero-order valence-electron chi connectivity index (χ0n) is 15.5. The molecule has 0 aliphatic carbocycles. The van der Waals surface area contributed by atoms with E-state index in [9.17, 15) is 0 Å². The SMILES string of the molecule is C=CCc1ccc(Oc2cc(-n3nc(C)cc3C)nc(C)n2)c(OC)c1. The molecule has 2 heterocycles. The van der Waals surface area contributed by atoms with Crippen molar-refractivity contribution in [1.82, 2.24) is 19.7 Å². The number of aryl methyl sites for hydroxylation is 3. The number of nitrogens with zero attached hydrogens (tertiary/aromatic N) is 4. The molecule has 2 aromatic heterocycles. The van der Waals surface area contributed by atoms with E-state index in [1.54, 1.807) is 17.9 Å². The molecule has 0 N–H and O–H groups in total. The smallest absolute Gasteiger partial charge is 0.224 e. The van der Waals surface area contributed by atoms with E-state index in [2.05, 4.69) is 21.6 Å². The van der Waals surface area contributed by atoms with Crippen molar-refractivity contribution in [3.63, 3.8) is 0 Å². The summed E-state index contributed by atoms with van der Waals surface area (Å²) in [7, 11) is 1.62. The van der Waals surface area contributed by atoms with Gasteiger partial charge in [-0.25, -0.2) is 9.67 Å². The molecule has 0 aliphatic heterocycles. The zero-order valence-corrected chi connectivity index (χ0v) is 15.5. The Morgan fingerprint density at radius 3 is 2.54 bits per heavy atom. The molecule has 6 heteroatoms. The molecule has 1 aromatic carbocycles. The minimum Gasteiger partial charge on any atom is -0.493 e. The Bertz CT molecular complexity index is 947. The van der Waals surface area contributed by atoms with Crippen molar-refractivity contribution in [2.24, 2.45) is 0 Å². The van der Waals surface area contributed by atoms with E-state index in [1.807, 2.05) is 51.1 Å². The minimum atomic E-state index is 0.440.